The van der Waals surface area contributed by atoms with Gasteiger partial charge in [-0.1, -0.05) is 27.5 Å². The van der Waals surface area contributed by atoms with Crippen LogP contribution in [-0.4, -0.2) is 6.61 Å². The maximum atomic E-state index is 8.89. The molecule has 1 unspecified atom stereocenters. The lowest BCUT2D eigenvalue weighted by molar-refractivity contribution is 0.101. The van der Waals surface area contributed by atoms with Crippen molar-refractivity contribution in [2.75, 3.05) is 6.61 Å². The van der Waals surface area contributed by atoms with Gasteiger partial charge in [0, 0.05) is 21.7 Å². The Morgan fingerprint density at radius 3 is 2.93 bits per heavy atom. The largest absolute Gasteiger partial charge is 0.359 e. The van der Waals surface area contributed by atoms with Crippen molar-refractivity contribution in [2.45, 2.75) is 13.0 Å². The molecular weight excluding hydrogens is 265 g/mol. The molecule has 0 amide bonds. The highest BCUT2D eigenvalue weighted by atomic mass is 79.9. The maximum Gasteiger partial charge on any atom is 0.170 e. The van der Waals surface area contributed by atoms with E-state index in [9.17, 15) is 0 Å². The van der Waals surface area contributed by atoms with Crippen molar-refractivity contribution in [3.63, 3.8) is 0 Å². The number of ether oxygens (including phenoxy) is 1. The lowest BCUT2D eigenvalue weighted by atomic mass is 10.1. The van der Waals surface area contributed by atoms with Gasteiger partial charge in [-0.15, -0.1) is 0 Å². The highest BCUT2D eigenvalue weighted by Crippen LogP contribution is 2.28. The van der Waals surface area contributed by atoms with Crippen molar-refractivity contribution in [3.8, 4) is 6.07 Å². The summed E-state index contributed by atoms with van der Waals surface area (Å²) in [6.45, 7) is 2.35. The number of halogens is 2. The molecule has 1 aromatic carbocycles. The maximum absolute atomic E-state index is 8.89. The molecular formula is C10H9BrClNO. The van der Waals surface area contributed by atoms with Gasteiger partial charge in [0.05, 0.1) is 6.07 Å². The first-order chi connectivity index (χ1) is 6.69. The molecule has 0 fully saturated rings. The summed E-state index contributed by atoms with van der Waals surface area (Å²) in [5, 5.41) is 9.49. The predicted molar refractivity (Wildman–Crippen MR) is 59.1 cm³/mol. The van der Waals surface area contributed by atoms with Gasteiger partial charge in [0.15, 0.2) is 6.10 Å². The van der Waals surface area contributed by atoms with Crippen molar-refractivity contribution >= 4 is 27.5 Å². The standard InChI is InChI=1S/C10H9BrClNO/c1-2-14-10(6-13)8-5-7(12)3-4-9(8)11/h3-5,10H,2H2,1H3. The molecule has 0 saturated carbocycles. The third kappa shape index (κ3) is 2.71. The average molecular weight is 275 g/mol. The Bertz CT molecular complexity index is 362. The molecule has 0 radical (unpaired) electrons. The number of nitriles is 1. The van der Waals surface area contributed by atoms with E-state index in [-0.39, 0.29) is 0 Å². The monoisotopic (exact) mass is 273 g/mol. The fraction of sp³-hybridized carbons (Fsp3) is 0.300. The minimum atomic E-state index is -0.562. The van der Waals surface area contributed by atoms with Crippen LogP contribution in [0.15, 0.2) is 22.7 Å². The quantitative estimate of drug-likeness (QED) is 0.842. The first kappa shape index (κ1) is 11.5. The molecule has 0 aromatic heterocycles. The first-order valence-corrected chi connectivity index (χ1v) is 5.32. The summed E-state index contributed by atoms with van der Waals surface area (Å²) in [4.78, 5) is 0. The van der Waals surface area contributed by atoms with Gasteiger partial charge in [-0.3, -0.25) is 0 Å². The van der Waals surface area contributed by atoms with E-state index in [1.165, 1.54) is 0 Å². The summed E-state index contributed by atoms with van der Waals surface area (Å²) >= 11 is 9.18. The molecule has 0 heterocycles. The Morgan fingerprint density at radius 2 is 2.36 bits per heavy atom. The molecule has 0 N–H and O–H groups in total. The van der Waals surface area contributed by atoms with Crippen LogP contribution in [0.3, 0.4) is 0 Å². The van der Waals surface area contributed by atoms with E-state index in [2.05, 4.69) is 22.0 Å². The van der Waals surface area contributed by atoms with Gasteiger partial charge in [0.2, 0.25) is 0 Å². The summed E-state index contributed by atoms with van der Waals surface area (Å²) in [6.07, 6.45) is -0.562. The molecule has 0 aliphatic heterocycles. The van der Waals surface area contributed by atoms with E-state index in [0.29, 0.717) is 11.6 Å². The molecule has 1 atom stereocenters. The van der Waals surface area contributed by atoms with E-state index < -0.39 is 6.10 Å². The van der Waals surface area contributed by atoms with E-state index in [1.54, 1.807) is 18.2 Å². The minimum absolute atomic E-state index is 0.497. The molecule has 0 aliphatic carbocycles. The van der Waals surface area contributed by atoms with E-state index >= 15 is 0 Å². The molecule has 0 aliphatic rings. The third-order valence-corrected chi connectivity index (χ3v) is 2.65. The van der Waals surface area contributed by atoms with Crippen LogP contribution >= 0.6 is 27.5 Å². The smallest absolute Gasteiger partial charge is 0.170 e. The Labute approximate surface area is 96.6 Å². The van der Waals surface area contributed by atoms with Crippen LogP contribution in [-0.2, 0) is 4.74 Å². The number of hydrogen-bond donors (Lipinski definition) is 0. The second-order valence-electron chi connectivity index (χ2n) is 2.63. The zero-order chi connectivity index (χ0) is 10.6. The van der Waals surface area contributed by atoms with Crippen LogP contribution in [0.4, 0.5) is 0 Å². The van der Waals surface area contributed by atoms with Crippen LogP contribution in [0.2, 0.25) is 5.02 Å². The summed E-state index contributed by atoms with van der Waals surface area (Å²) < 4.78 is 6.10. The lowest BCUT2D eigenvalue weighted by Crippen LogP contribution is -2.02. The van der Waals surface area contributed by atoms with Gasteiger partial charge < -0.3 is 4.74 Å². The number of benzene rings is 1. The molecule has 0 saturated heterocycles. The summed E-state index contributed by atoms with van der Waals surface area (Å²) in [5.74, 6) is 0. The Morgan fingerprint density at radius 1 is 1.64 bits per heavy atom. The van der Waals surface area contributed by atoms with Crippen molar-refractivity contribution in [1.82, 2.24) is 0 Å². The molecule has 74 valence electrons. The van der Waals surface area contributed by atoms with Gasteiger partial charge in [0.1, 0.15) is 0 Å². The van der Waals surface area contributed by atoms with Crippen molar-refractivity contribution < 1.29 is 4.74 Å². The molecule has 1 aromatic rings. The van der Waals surface area contributed by atoms with Crippen molar-refractivity contribution in [2.24, 2.45) is 0 Å². The predicted octanol–water partition coefficient (Wildman–Crippen LogP) is 3.70. The number of rotatable bonds is 3. The van der Waals surface area contributed by atoms with Crippen LogP contribution in [0, 0.1) is 11.3 Å². The van der Waals surface area contributed by atoms with Crippen LogP contribution in [0.5, 0.6) is 0 Å². The first-order valence-electron chi connectivity index (χ1n) is 4.15. The average Bonchev–Trinajstić information content (AvgIpc) is 2.18. The van der Waals surface area contributed by atoms with Crippen molar-refractivity contribution in [1.29, 1.82) is 5.26 Å². The Kier molecular flexibility index (Phi) is 4.40. The topological polar surface area (TPSA) is 33.0 Å². The highest BCUT2D eigenvalue weighted by Gasteiger charge is 2.13. The van der Waals surface area contributed by atoms with Gasteiger partial charge in [-0.05, 0) is 25.1 Å². The van der Waals surface area contributed by atoms with E-state index in [4.69, 9.17) is 21.6 Å². The summed E-state index contributed by atoms with van der Waals surface area (Å²) in [5.41, 5.74) is 0.766. The van der Waals surface area contributed by atoms with Crippen LogP contribution < -0.4 is 0 Å². The third-order valence-electron chi connectivity index (χ3n) is 1.69. The van der Waals surface area contributed by atoms with Crippen molar-refractivity contribution in [3.05, 3.63) is 33.3 Å². The SMILES string of the molecule is CCOC(C#N)c1cc(Cl)ccc1Br. The molecule has 2 nitrogen and oxygen atoms in total. The lowest BCUT2D eigenvalue weighted by Gasteiger charge is -2.11. The highest BCUT2D eigenvalue weighted by molar-refractivity contribution is 9.10. The van der Waals surface area contributed by atoms with Crippen LogP contribution in [0.25, 0.3) is 0 Å². The number of hydrogen-bond acceptors (Lipinski definition) is 2. The van der Waals surface area contributed by atoms with Crippen LogP contribution in [0.1, 0.15) is 18.6 Å². The second kappa shape index (κ2) is 5.35. The summed E-state index contributed by atoms with van der Waals surface area (Å²) in [7, 11) is 0. The van der Waals surface area contributed by atoms with Gasteiger partial charge in [-0.2, -0.15) is 5.26 Å². The normalized spacial score (nSPS) is 12.1. The summed E-state index contributed by atoms with van der Waals surface area (Å²) in [6, 6.07) is 7.37. The second-order valence-corrected chi connectivity index (χ2v) is 3.92. The number of nitrogens with zero attached hydrogens (tertiary/aromatic N) is 1. The zero-order valence-corrected chi connectivity index (χ0v) is 9.97. The molecule has 14 heavy (non-hydrogen) atoms. The van der Waals surface area contributed by atoms with E-state index in [1.807, 2.05) is 6.92 Å². The fourth-order valence-corrected chi connectivity index (χ4v) is 1.71. The molecule has 0 bridgehead atoms. The van der Waals surface area contributed by atoms with Gasteiger partial charge in [-0.25, -0.2) is 0 Å². The van der Waals surface area contributed by atoms with Gasteiger partial charge >= 0.3 is 0 Å². The molecule has 4 heteroatoms. The van der Waals surface area contributed by atoms with Gasteiger partial charge in [0.25, 0.3) is 0 Å². The van der Waals surface area contributed by atoms with E-state index in [0.717, 1.165) is 10.0 Å². The minimum Gasteiger partial charge on any atom is -0.359 e. The molecule has 1 rings (SSSR count). The fourth-order valence-electron chi connectivity index (χ4n) is 1.08. The molecule has 0 spiro atoms. The Balaban J connectivity index is 3.03. The Hall–Kier alpha value is -0.560. The zero-order valence-electron chi connectivity index (χ0n) is 7.63.